The van der Waals surface area contributed by atoms with Crippen molar-refractivity contribution in [3.8, 4) is 11.8 Å². The smallest absolute Gasteiger partial charge is 0.335 e. The molecular formula is C22H23FN3O5S-. The summed E-state index contributed by atoms with van der Waals surface area (Å²) in [5.74, 6) is -1.73. The first-order valence-corrected chi connectivity index (χ1v) is 11.2. The Hall–Kier alpha value is -3.16. The van der Waals surface area contributed by atoms with Crippen LogP contribution in [0.4, 0.5) is 15.8 Å². The number of hydrogen-bond acceptors (Lipinski definition) is 7. The molecule has 1 saturated heterocycles. The molecule has 0 aromatic heterocycles. The van der Waals surface area contributed by atoms with E-state index in [2.05, 4.69) is 4.90 Å². The number of hydrogen-bond donors (Lipinski definition) is 2. The minimum atomic E-state index is -2.63. The molecule has 0 spiro atoms. The quantitative estimate of drug-likeness (QED) is 0.347. The standard InChI is InChI=1S/C22H24FN3O5S/c23-17-12-19(18(25)10-15(17)13-24)26-8-2-1-4-16(26)5-3-9-31-20-7-6-14(22(27)28)11-21(20)32(29)30/h6-7,10-12,16H,1-5,8-9,25H2,(H,27,28)(H,29,30)/p-1. The molecule has 8 nitrogen and oxygen atoms in total. The normalized spacial score (nSPS) is 16.9. The van der Waals surface area contributed by atoms with E-state index in [1.54, 1.807) is 6.07 Å². The van der Waals surface area contributed by atoms with Gasteiger partial charge in [0.05, 0.1) is 34.0 Å². The van der Waals surface area contributed by atoms with Crippen molar-refractivity contribution < 1.29 is 27.8 Å². The van der Waals surface area contributed by atoms with Crippen LogP contribution in [0.5, 0.6) is 5.75 Å². The third kappa shape index (κ3) is 5.36. The number of carboxylic acid groups (broad SMARTS) is 1. The molecule has 10 heteroatoms. The lowest BCUT2D eigenvalue weighted by Gasteiger charge is -2.38. The Morgan fingerprint density at radius 2 is 2.16 bits per heavy atom. The van der Waals surface area contributed by atoms with Gasteiger partial charge < -0.3 is 25.0 Å². The molecular weight excluding hydrogens is 437 g/mol. The Kier molecular flexibility index (Phi) is 7.66. The number of piperidine rings is 1. The largest absolute Gasteiger partial charge is 0.768 e. The minimum Gasteiger partial charge on any atom is -0.768 e. The number of nitrogens with two attached hydrogens (primary N) is 1. The lowest BCUT2D eigenvalue weighted by molar-refractivity contribution is 0.0696. The van der Waals surface area contributed by atoms with Crippen LogP contribution in [0, 0.1) is 17.1 Å². The number of nitriles is 1. The molecule has 1 aliphatic rings. The molecule has 32 heavy (non-hydrogen) atoms. The summed E-state index contributed by atoms with van der Waals surface area (Å²) in [5, 5.41) is 18.0. The number of halogens is 1. The van der Waals surface area contributed by atoms with E-state index in [1.807, 2.05) is 0 Å². The number of carbonyl (C=O) groups is 1. The van der Waals surface area contributed by atoms with Crippen LogP contribution < -0.4 is 15.4 Å². The first-order valence-electron chi connectivity index (χ1n) is 10.2. The van der Waals surface area contributed by atoms with Gasteiger partial charge in [0.1, 0.15) is 17.6 Å². The summed E-state index contributed by atoms with van der Waals surface area (Å²) in [6.45, 7) is 0.954. The van der Waals surface area contributed by atoms with Gasteiger partial charge in [-0.25, -0.2) is 9.18 Å². The third-order valence-electron chi connectivity index (χ3n) is 5.48. The topological polar surface area (TPSA) is 140 Å². The van der Waals surface area contributed by atoms with E-state index in [0.717, 1.165) is 31.9 Å². The molecule has 0 amide bonds. The van der Waals surface area contributed by atoms with Crippen molar-refractivity contribution in [2.24, 2.45) is 0 Å². The fourth-order valence-electron chi connectivity index (χ4n) is 3.92. The molecule has 0 radical (unpaired) electrons. The third-order valence-corrected chi connectivity index (χ3v) is 6.16. The van der Waals surface area contributed by atoms with Crippen molar-refractivity contribution in [1.29, 1.82) is 5.26 Å². The molecule has 2 aromatic carbocycles. The van der Waals surface area contributed by atoms with Crippen LogP contribution >= 0.6 is 0 Å². The summed E-state index contributed by atoms with van der Waals surface area (Å²) in [4.78, 5) is 12.9. The van der Waals surface area contributed by atoms with Gasteiger partial charge in [0.2, 0.25) is 0 Å². The molecule has 1 heterocycles. The number of benzene rings is 2. The fourth-order valence-corrected chi connectivity index (χ4v) is 4.44. The molecule has 2 aromatic rings. The molecule has 0 bridgehead atoms. The highest BCUT2D eigenvalue weighted by Crippen LogP contribution is 2.33. The summed E-state index contributed by atoms with van der Waals surface area (Å²) in [6, 6.07) is 8.24. The lowest BCUT2D eigenvalue weighted by atomic mass is 9.96. The van der Waals surface area contributed by atoms with E-state index >= 15 is 0 Å². The Morgan fingerprint density at radius 1 is 1.38 bits per heavy atom. The molecule has 2 atom stereocenters. The van der Waals surface area contributed by atoms with Crippen LogP contribution in [0.1, 0.15) is 48.0 Å². The number of ether oxygens (including phenoxy) is 1. The van der Waals surface area contributed by atoms with E-state index in [9.17, 15) is 17.9 Å². The van der Waals surface area contributed by atoms with Gasteiger partial charge in [-0.05, 0) is 67.5 Å². The molecule has 3 N–H and O–H groups in total. The van der Waals surface area contributed by atoms with Gasteiger partial charge in [-0.15, -0.1) is 0 Å². The predicted molar refractivity (Wildman–Crippen MR) is 116 cm³/mol. The molecule has 170 valence electrons. The van der Waals surface area contributed by atoms with Gasteiger partial charge >= 0.3 is 5.97 Å². The van der Waals surface area contributed by atoms with Gasteiger partial charge in [0, 0.05) is 18.7 Å². The van der Waals surface area contributed by atoms with E-state index in [1.165, 1.54) is 24.3 Å². The zero-order chi connectivity index (χ0) is 23.3. The summed E-state index contributed by atoms with van der Waals surface area (Å²) in [7, 11) is 0. The van der Waals surface area contributed by atoms with Crippen molar-refractivity contribution in [1.82, 2.24) is 0 Å². The summed E-state index contributed by atoms with van der Waals surface area (Å²) >= 11 is -2.63. The number of nitrogens with zero attached hydrogens (tertiary/aromatic N) is 2. The van der Waals surface area contributed by atoms with Crippen molar-refractivity contribution >= 4 is 28.4 Å². The lowest BCUT2D eigenvalue weighted by Crippen LogP contribution is -2.40. The van der Waals surface area contributed by atoms with Crippen molar-refractivity contribution in [3.05, 3.63) is 47.3 Å². The average Bonchev–Trinajstić information content (AvgIpc) is 2.78. The Bertz CT molecular complexity index is 1070. The van der Waals surface area contributed by atoms with Crippen LogP contribution in [0.15, 0.2) is 35.2 Å². The fraction of sp³-hybridized carbons (Fsp3) is 0.364. The maximum Gasteiger partial charge on any atom is 0.335 e. The molecule has 2 unspecified atom stereocenters. The zero-order valence-electron chi connectivity index (χ0n) is 17.3. The SMILES string of the molecule is N#Cc1cc(N)c(N2CCCCC2CCCOc2ccc(C(=O)O)cc2S(=O)[O-])cc1F. The van der Waals surface area contributed by atoms with Crippen molar-refractivity contribution in [2.75, 3.05) is 23.8 Å². The van der Waals surface area contributed by atoms with Gasteiger partial charge in [-0.2, -0.15) is 5.26 Å². The summed E-state index contributed by atoms with van der Waals surface area (Å²) in [6.07, 6.45) is 4.18. The van der Waals surface area contributed by atoms with Crippen LogP contribution in [0.25, 0.3) is 0 Å². The molecule has 0 saturated carbocycles. The Morgan fingerprint density at radius 3 is 2.84 bits per heavy atom. The number of anilines is 2. The highest BCUT2D eigenvalue weighted by atomic mass is 32.2. The first kappa shape index (κ1) is 23.5. The number of carboxylic acids is 1. The number of nitrogen functional groups attached to an aromatic ring is 1. The molecule has 1 aliphatic heterocycles. The van der Waals surface area contributed by atoms with Crippen molar-refractivity contribution in [2.45, 2.75) is 43.0 Å². The van der Waals surface area contributed by atoms with E-state index < -0.39 is 22.9 Å². The van der Waals surface area contributed by atoms with Gasteiger partial charge in [0.15, 0.2) is 0 Å². The van der Waals surface area contributed by atoms with E-state index in [0.29, 0.717) is 24.2 Å². The molecule has 0 aliphatic carbocycles. The highest BCUT2D eigenvalue weighted by molar-refractivity contribution is 7.79. The second kappa shape index (κ2) is 10.4. The van der Waals surface area contributed by atoms with E-state index in [4.69, 9.17) is 20.8 Å². The first-order chi connectivity index (χ1) is 15.3. The van der Waals surface area contributed by atoms with Gasteiger partial charge in [0.25, 0.3) is 0 Å². The minimum absolute atomic E-state index is 0.0892. The summed E-state index contributed by atoms with van der Waals surface area (Å²) < 4.78 is 42.7. The summed E-state index contributed by atoms with van der Waals surface area (Å²) in [5.41, 5.74) is 6.78. The van der Waals surface area contributed by atoms with Crippen LogP contribution in [0.2, 0.25) is 0 Å². The van der Waals surface area contributed by atoms with Gasteiger partial charge in [-0.3, -0.25) is 4.21 Å². The van der Waals surface area contributed by atoms with Gasteiger partial charge in [-0.1, -0.05) is 0 Å². The molecule has 1 fully saturated rings. The predicted octanol–water partition coefficient (Wildman–Crippen LogP) is 3.43. The van der Waals surface area contributed by atoms with Crippen molar-refractivity contribution in [3.63, 3.8) is 0 Å². The van der Waals surface area contributed by atoms with E-state index in [-0.39, 0.29) is 34.4 Å². The monoisotopic (exact) mass is 460 g/mol. The Balaban J connectivity index is 1.65. The number of aromatic carboxylic acids is 1. The highest BCUT2D eigenvalue weighted by Gasteiger charge is 2.25. The maximum atomic E-state index is 14.2. The molecule has 3 rings (SSSR count). The Labute approximate surface area is 187 Å². The maximum absolute atomic E-state index is 14.2. The number of rotatable bonds is 8. The van der Waals surface area contributed by atoms with Crippen LogP contribution in [0.3, 0.4) is 0 Å². The zero-order valence-corrected chi connectivity index (χ0v) is 18.1. The van der Waals surface area contributed by atoms with Crippen LogP contribution in [-0.2, 0) is 11.1 Å². The second-order valence-corrected chi connectivity index (χ2v) is 8.45. The second-order valence-electron chi connectivity index (χ2n) is 7.54. The average molecular weight is 461 g/mol. The van der Waals surface area contributed by atoms with Crippen LogP contribution in [-0.4, -0.2) is 39.0 Å².